The normalized spacial score (nSPS) is 20.8. The quantitative estimate of drug-likeness (QED) is 0.618. The molecule has 1 aromatic heterocycles. The van der Waals surface area contributed by atoms with Crippen LogP contribution in [-0.4, -0.2) is 28.5 Å². The first-order chi connectivity index (χ1) is 15.2. The fourth-order valence-electron chi connectivity index (χ4n) is 5.31. The number of benzene rings is 2. The van der Waals surface area contributed by atoms with Crippen LogP contribution >= 0.6 is 0 Å². The molecule has 0 bridgehead atoms. The molecule has 5 rings (SSSR count). The van der Waals surface area contributed by atoms with E-state index in [2.05, 4.69) is 58.1 Å². The van der Waals surface area contributed by atoms with Crippen molar-refractivity contribution in [3.63, 3.8) is 0 Å². The first-order valence-corrected chi connectivity index (χ1v) is 11.8. The van der Waals surface area contributed by atoms with E-state index >= 15 is 0 Å². The molecule has 2 fully saturated rings. The Balaban J connectivity index is 1.36. The SMILES string of the molecule is C[C@@H](NC(=O)[C@@H]1CCCN(c2nc3ccccc3n2C2CCCC2)C1)c1ccccc1. The molecule has 2 atom stereocenters. The van der Waals surface area contributed by atoms with Crippen molar-refractivity contribution in [2.45, 2.75) is 57.5 Å². The number of imidazole rings is 1. The summed E-state index contributed by atoms with van der Waals surface area (Å²) in [6.07, 6.45) is 6.98. The van der Waals surface area contributed by atoms with Crippen LogP contribution in [0.2, 0.25) is 0 Å². The predicted molar refractivity (Wildman–Crippen MR) is 125 cm³/mol. The molecule has 5 nitrogen and oxygen atoms in total. The fourth-order valence-corrected chi connectivity index (χ4v) is 5.31. The lowest BCUT2D eigenvalue weighted by atomic mass is 9.96. The van der Waals surface area contributed by atoms with Crippen molar-refractivity contribution in [2.75, 3.05) is 18.0 Å². The van der Waals surface area contributed by atoms with Crippen molar-refractivity contribution in [3.05, 3.63) is 60.2 Å². The summed E-state index contributed by atoms with van der Waals surface area (Å²) in [5, 5.41) is 3.24. The number of amides is 1. The average molecular weight is 417 g/mol. The molecule has 1 saturated heterocycles. The summed E-state index contributed by atoms with van der Waals surface area (Å²) < 4.78 is 2.47. The van der Waals surface area contributed by atoms with Crippen molar-refractivity contribution in [1.29, 1.82) is 0 Å². The first-order valence-electron chi connectivity index (χ1n) is 11.8. The lowest BCUT2D eigenvalue weighted by Gasteiger charge is -2.34. The van der Waals surface area contributed by atoms with Gasteiger partial charge in [0.15, 0.2) is 0 Å². The Morgan fingerprint density at radius 2 is 1.74 bits per heavy atom. The molecule has 2 aromatic carbocycles. The maximum atomic E-state index is 13.1. The average Bonchev–Trinajstić information content (AvgIpc) is 3.47. The molecule has 3 aromatic rings. The topological polar surface area (TPSA) is 50.2 Å². The third kappa shape index (κ3) is 4.06. The molecule has 1 amide bonds. The molecule has 2 aliphatic rings. The third-order valence-corrected chi connectivity index (χ3v) is 7.00. The molecule has 1 aliphatic heterocycles. The number of hydrogen-bond acceptors (Lipinski definition) is 3. The Bertz CT molecular complexity index is 1040. The van der Waals surface area contributed by atoms with Crippen LogP contribution in [-0.2, 0) is 4.79 Å². The number of nitrogens with zero attached hydrogens (tertiary/aromatic N) is 3. The molecule has 0 unspecified atom stereocenters. The molecule has 162 valence electrons. The lowest BCUT2D eigenvalue weighted by Crippen LogP contribution is -2.44. The smallest absolute Gasteiger partial charge is 0.225 e. The zero-order valence-electron chi connectivity index (χ0n) is 18.3. The third-order valence-electron chi connectivity index (χ3n) is 7.00. The van der Waals surface area contributed by atoms with Gasteiger partial charge in [-0.3, -0.25) is 4.79 Å². The largest absolute Gasteiger partial charge is 0.349 e. The van der Waals surface area contributed by atoms with Gasteiger partial charge in [-0.2, -0.15) is 0 Å². The summed E-state index contributed by atoms with van der Waals surface area (Å²) in [5.74, 6) is 1.21. The summed E-state index contributed by atoms with van der Waals surface area (Å²) in [6.45, 7) is 3.77. The molecule has 1 aliphatic carbocycles. The van der Waals surface area contributed by atoms with Gasteiger partial charge in [0.1, 0.15) is 0 Å². The number of hydrogen-bond donors (Lipinski definition) is 1. The van der Waals surface area contributed by atoms with Gasteiger partial charge in [-0.1, -0.05) is 55.3 Å². The first kappa shape index (κ1) is 20.1. The number of rotatable bonds is 5. The lowest BCUT2D eigenvalue weighted by molar-refractivity contribution is -0.125. The van der Waals surface area contributed by atoms with Crippen LogP contribution in [0.1, 0.15) is 63.1 Å². The number of carbonyl (C=O) groups excluding carboxylic acids is 1. The van der Waals surface area contributed by atoms with Crippen LogP contribution in [0.25, 0.3) is 11.0 Å². The Kier molecular flexibility index (Phi) is 5.66. The molecule has 31 heavy (non-hydrogen) atoms. The van der Waals surface area contributed by atoms with Crippen molar-refractivity contribution in [2.24, 2.45) is 5.92 Å². The maximum Gasteiger partial charge on any atom is 0.225 e. The van der Waals surface area contributed by atoms with Gasteiger partial charge >= 0.3 is 0 Å². The van der Waals surface area contributed by atoms with E-state index in [1.807, 2.05) is 18.2 Å². The second kappa shape index (κ2) is 8.74. The van der Waals surface area contributed by atoms with E-state index in [1.165, 1.54) is 31.2 Å². The van der Waals surface area contributed by atoms with Gasteiger partial charge in [0.25, 0.3) is 0 Å². The summed E-state index contributed by atoms with van der Waals surface area (Å²) in [6, 6.07) is 19.2. The second-order valence-electron chi connectivity index (χ2n) is 9.13. The number of anilines is 1. The van der Waals surface area contributed by atoms with Gasteiger partial charge in [0.2, 0.25) is 11.9 Å². The van der Waals surface area contributed by atoms with Crippen LogP contribution in [0.3, 0.4) is 0 Å². The molecule has 2 heterocycles. The van der Waals surface area contributed by atoms with Crippen molar-refractivity contribution in [3.8, 4) is 0 Å². The molecule has 1 N–H and O–H groups in total. The van der Waals surface area contributed by atoms with Gasteiger partial charge in [0, 0.05) is 19.1 Å². The Morgan fingerprint density at radius 3 is 2.55 bits per heavy atom. The van der Waals surface area contributed by atoms with Crippen LogP contribution in [0.15, 0.2) is 54.6 Å². The van der Waals surface area contributed by atoms with E-state index in [4.69, 9.17) is 4.98 Å². The Labute approximate surface area is 184 Å². The van der Waals surface area contributed by atoms with Crippen LogP contribution in [0.4, 0.5) is 5.95 Å². The van der Waals surface area contributed by atoms with Gasteiger partial charge in [-0.15, -0.1) is 0 Å². The van der Waals surface area contributed by atoms with Crippen molar-refractivity contribution in [1.82, 2.24) is 14.9 Å². The monoisotopic (exact) mass is 416 g/mol. The number of fused-ring (bicyclic) bond motifs is 1. The second-order valence-corrected chi connectivity index (χ2v) is 9.13. The van der Waals surface area contributed by atoms with E-state index in [0.29, 0.717) is 6.04 Å². The zero-order valence-corrected chi connectivity index (χ0v) is 18.3. The Hall–Kier alpha value is -2.82. The highest BCUT2D eigenvalue weighted by atomic mass is 16.2. The molecule has 0 radical (unpaired) electrons. The van der Waals surface area contributed by atoms with E-state index in [1.54, 1.807) is 0 Å². The molecule has 0 spiro atoms. The minimum atomic E-state index is -0.00301. The maximum absolute atomic E-state index is 13.1. The van der Waals surface area contributed by atoms with Gasteiger partial charge in [-0.05, 0) is 50.3 Å². The summed E-state index contributed by atoms with van der Waals surface area (Å²) in [7, 11) is 0. The predicted octanol–water partition coefficient (Wildman–Crippen LogP) is 5.25. The van der Waals surface area contributed by atoms with E-state index in [9.17, 15) is 4.79 Å². The standard InChI is InChI=1S/C26H32N4O/c1-19(20-10-3-2-4-11-20)27-25(31)21-12-9-17-29(18-21)26-28-23-15-7-8-16-24(23)30(26)22-13-5-6-14-22/h2-4,7-8,10-11,15-16,19,21-22H,5-6,9,12-14,17-18H2,1H3,(H,27,31)/t19-,21-/m1/s1. The van der Waals surface area contributed by atoms with Crippen LogP contribution in [0, 0.1) is 5.92 Å². The van der Waals surface area contributed by atoms with Crippen molar-refractivity contribution >= 4 is 22.9 Å². The van der Waals surface area contributed by atoms with Crippen LogP contribution < -0.4 is 10.2 Å². The molecular weight excluding hydrogens is 384 g/mol. The minimum Gasteiger partial charge on any atom is -0.349 e. The van der Waals surface area contributed by atoms with Crippen LogP contribution in [0.5, 0.6) is 0 Å². The molecule has 1 saturated carbocycles. The number of para-hydroxylation sites is 2. The van der Waals surface area contributed by atoms with Gasteiger partial charge < -0.3 is 14.8 Å². The Morgan fingerprint density at radius 1 is 1.00 bits per heavy atom. The minimum absolute atomic E-state index is 0.00301. The van der Waals surface area contributed by atoms with Gasteiger partial charge in [0.05, 0.1) is 23.0 Å². The zero-order chi connectivity index (χ0) is 21.2. The highest BCUT2D eigenvalue weighted by molar-refractivity contribution is 5.81. The highest BCUT2D eigenvalue weighted by Gasteiger charge is 2.31. The van der Waals surface area contributed by atoms with Crippen molar-refractivity contribution < 1.29 is 4.79 Å². The van der Waals surface area contributed by atoms with E-state index in [-0.39, 0.29) is 17.9 Å². The number of aromatic nitrogens is 2. The molecular formula is C26H32N4O. The number of nitrogens with one attached hydrogen (secondary N) is 1. The summed E-state index contributed by atoms with van der Waals surface area (Å²) in [5.41, 5.74) is 3.44. The van der Waals surface area contributed by atoms with Gasteiger partial charge in [-0.25, -0.2) is 4.98 Å². The van der Waals surface area contributed by atoms with E-state index in [0.717, 1.165) is 43.0 Å². The highest BCUT2D eigenvalue weighted by Crippen LogP contribution is 2.37. The number of piperidine rings is 1. The molecule has 5 heteroatoms. The number of carbonyl (C=O) groups is 1. The summed E-state index contributed by atoms with van der Waals surface area (Å²) in [4.78, 5) is 20.5. The summed E-state index contributed by atoms with van der Waals surface area (Å²) >= 11 is 0. The van der Waals surface area contributed by atoms with E-state index < -0.39 is 0 Å². The fraction of sp³-hybridized carbons (Fsp3) is 0.462.